The first-order valence-corrected chi connectivity index (χ1v) is 8.33. The summed E-state index contributed by atoms with van der Waals surface area (Å²) in [5, 5.41) is 12.5. The third kappa shape index (κ3) is 3.43. The Hall–Kier alpha value is -1.55. The summed E-state index contributed by atoms with van der Waals surface area (Å²) in [5.41, 5.74) is 2.61. The summed E-state index contributed by atoms with van der Waals surface area (Å²) in [6.45, 7) is 1.77. The molecule has 1 unspecified atom stereocenters. The first-order chi connectivity index (χ1) is 10.7. The van der Waals surface area contributed by atoms with Crippen LogP contribution in [0, 0.1) is 5.41 Å². The Morgan fingerprint density at radius 1 is 1.32 bits per heavy atom. The van der Waals surface area contributed by atoms with Gasteiger partial charge in [0.1, 0.15) is 0 Å². The lowest BCUT2D eigenvalue weighted by molar-refractivity contribution is -0.136. The van der Waals surface area contributed by atoms with Gasteiger partial charge in [-0.15, -0.1) is 0 Å². The molecule has 1 aliphatic carbocycles. The van der Waals surface area contributed by atoms with Crippen LogP contribution in [-0.2, 0) is 16.0 Å². The number of hydrogen-bond acceptors (Lipinski definition) is 3. The summed E-state index contributed by atoms with van der Waals surface area (Å²) in [6, 6.07) is 8.74. The summed E-state index contributed by atoms with van der Waals surface area (Å²) in [6.07, 6.45) is 6.90. The maximum absolute atomic E-state index is 10.7. The van der Waals surface area contributed by atoms with E-state index in [4.69, 9.17) is 9.84 Å². The summed E-state index contributed by atoms with van der Waals surface area (Å²) in [7, 11) is 0. The lowest BCUT2D eigenvalue weighted by Crippen LogP contribution is -2.40. The zero-order chi connectivity index (χ0) is 15.4. The lowest BCUT2D eigenvalue weighted by atomic mass is 9.75. The third-order valence-electron chi connectivity index (χ3n) is 5.29. The summed E-state index contributed by atoms with van der Waals surface area (Å²) < 4.78 is 5.54. The van der Waals surface area contributed by atoms with Crippen LogP contribution in [-0.4, -0.2) is 30.3 Å². The quantitative estimate of drug-likeness (QED) is 0.874. The van der Waals surface area contributed by atoms with Gasteiger partial charge in [0.2, 0.25) is 0 Å². The minimum Gasteiger partial charge on any atom is -0.481 e. The van der Waals surface area contributed by atoms with Crippen LogP contribution >= 0.6 is 0 Å². The standard InChI is InChI=1S/C18H25NO3/c20-17(21)7-6-14-3-1-4-15(13-14)19-16-5-2-8-18(16)9-11-22-12-10-18/h1,3-4,13,16,19H,2,5-12H2,(H,20,21). The molecular formula is C18H25NO3. The third-order valence-corrected chi connectivity index (χ3v) is 5.29. The minimum absolute atomic E-state index is 0.189. The van der Waals surface area contributed by atoms with Gasteiger partial charge in [-0.1, -0.05) is 18.6 Å². The largest absolute Gasteiger partial charge is 0.481 e. The molecule has 2 fully saturated rings. The number of ether oxygens (including phenoxy) is 1. The number of nitrogens with one attached hydrogen (secondary N) is 1. The predicted octanol–water partition coefficient (Wildman–Crippen LogP) is 3.47. The fourth-order valence-electron chi connectivity index (χ4n) is 4.01. The molecule has 0 aromatic heterocycles. The maximum Gasteiger partial charge on any atom is 0.303 e. The van der Waals surface area contributed by atoms with Gasteiger partial charge in [-0.25, -0.2) is 0 Å². The monoisotopic (exact) mass is 303 g/mol. The van der Waals surface area contributed by atoms with Crippen molar-refractivity contribution < 1.29 is 14.6 Å². The molecule has 0 bridgehead atoms. The van der Waals surface area contributed by atoms with E-state index >= 15 is 0 Å². The Balaban J connectivity index is 1.67. The first-order valence-electron chi connectivity index (χ1n) is 8.33. The van der Waals surface area contributed by atoms with Crippen LogP contribution in [0.1, 0.15) is 44.1 Å². The molecule has 1 saturated carbocycles. The molecule has 2 aliphatic rings. The SMILES string of the molecule is O=C(O)CCc1cccc(NC2CCCC23CCOCC3)c1. The van der Waals surface area contributed by atoms with Gasteiger partial charge in [0.05, 0.1) is 0 Å². The van der Waals surface area contributed by atoms with Gasteiger partial charge >= 0.3 is 5.97 Å². The van der Waals surface area contributed by atoms with Gasteiger partial charge in [-0.3, -0.25) is 4.79 Å². The van der Waals surface area contributed by atoms with Gasteiger partial charge in [-0.05, 0) is 55.2 Å². The van der Waals surface area contributed by atoms with E-state index in [9.17, 15) is 4.79 Å². The first kappa shape index (κ1) is 15.3. The van der Waals surface area contributed by atoms with Gasteiger partial charge in [0.15, 0.2) is 0 Å². The highest BCUT2D eigenvalue weighted by molar-refractivity contribution is 5.67. The van der Waals surface area contributed by atoms with Crippen LogP contribution in [0.25, 0.3) is 0 Å². The molecule has 1 aromatic rings. The van der Waals surface area contributed by atoms with Crippen molar-refractivity contribution in [2.24, 2.45) is 5.41 Å². The molecule has 4 heteroatoms. The van der Waals surface area contributed by atoms with E-state index in [-0.39, 0.29) is 6.42 Å². The van der Waals surface area contributed by atoms with Gasteiger partial charge in [0.25, 0.3) is 0 Å². The zero-order valence-corrected chi connectivity index (χ0v) is 13.0. The molecule has 1 saturated heterocycles. The number of benzene rings is 1. The molecule has 1 heterocycles. The number of hydrogen-bond donors (Lipinski definition) is 2. The van der Waals surface area contributed by atoms with Gasteiger partial charge in [-0.2, -0.15) is 0 Å². The average molecular weight is 303 g/mol. The number of carboxylic acid groups (broad SMARTS) is 1. The average Bonchev–Trinajstić information content (AvgIpc) is 2.88. The molecule has 1 atom stereocenters. The Morgan fingerprint density at radius 2 is 2.14 bits per heavy atom. The van der Waals surface area contributed by atoms with Crippen LogP contribution in [0.15, 0.2) is 24.3 Å². The van der Waals surface area contributed by atoms with Crippen molar-refractivity contribution in [3.05, 3.63) is 29.8 Å². The van der Waals surface area contributed by atoms with Crippen LogP contribution in [0.4, 0.5) is 5.69 Å². The summed E-state index contributed by atoms with van der Waals surface area (Å²) >= 11 is 0. The Morgan fingerprint density at radius 3 is 2.91 bits per heavy atom. The van der Waals surface area contributed by atoms with Crippen LogP contribution in [0.5, 0.6) is 0 Å². The number of anilines is 1. The van der Waals surface area contributed by atoms with E-state index < -0.39 is 5.97 Å². The van der Waals surface area contributed by atoms with E-state index in [1.165, 1.54) is 19.3 Å². The summed E-state index contributed by atoms with van der Waals surface area (Å²) in [4.78, 5) is 10.7. The number of carboxylic acids is 1. The van der Waals surface area contributed by atoms with E-state index in [1.54, 1.807) is 0 Å². The number of aryl methyl sites for hydroxylation is 1. The number of rotatable bonds is 5. The van der Waals surface area contributed by atoms with E-state index in [1.807, 2.05) is 12.1 Å². The molecule has 0 radical (unpaired) electrons. The van der Waals surface area contributed by atoms with E-state index in [2.05, 4.69) is 17.4 Å². The molecule has 22 heavy (non-hydrogen) atoms. The topological polar surface area (TPSA) is 58.6 Å². The predicted molar refractivity (Wildman–Crippen MR) is 86.1 cm³/mol. The van der Waals surface area contributed by atoms with Crippen molar-refractivity contribution in [1.29, 1.82) is 0 Å². The molecule has 3 rings (SSSR count). The molecule has 2 N–H and O–H groups in total. The van der Waals surface area contributed by atoms with Crippen LogP contribution in [0.3, 0.4) is 0 Å². The van der Waals surface area contributed by atoms with Crippen LogP contribution in [0.2, 0.25) is 0 Å². The molecule has 0 amide bonds. The highest BCUT2D eigenvalue weighted by Gasteiger charge is 2.43. The Kier molecular flexibility index (Phi) is 4.67. The normalized spacial score (nSPS) is 23.5. The van der Waals surface area contributed by atoms with Crippen molar-refractivity contribution in [1.82, 2.24) is 0 Å². The van der Waals surface area contributed by atoms with E-state index in [0.29, 0.717) is 17.9 Å². The minimum atomic E-state index is -0.740. The molecule has 1 spiro atoms. The number of aliphatic carboxylic acids is 1. The highest BCUT2D eigenvalue weighted by atomic mass is 16.5. The van der Waals surface area contributed by atoms with Crippen molar-refractivity contribution in [3.63, 3.8) is 0 Å². The van der Waals surface area contributed by atoms with Crippen LogP contribution < -0.4 is 5.32 Å². The molecule has 4 nitrogen and oxygen atoms in total. The smallest absolute Gasteiger partial charge is 0.303 e. The Labute approximate surface area is 131 Å². The molecule has 120 valence electrons. The zero-order valence-electron chi connectivity index (χ0n) is 13.0. The maximum atomic E-state index is 10.7. The highest BCUT2D eigenvalue weighted by Crippen LogP contribution is 2.47. The van der Waals surface area contributed by atoms with Crippen molar-refractivity contribution in [2.75, 3.05) is 18.5 Å². The van der Waals surface area contributed by atoms with Gasteiger partial charge < -0.3 is 15.2 Å². The summed E-state index contributed by atoms with van der Waals surface area (Å²) in [5.74, 6) is -0.740. The number of carbonyl (C=O) groups is 1. The fraction of sp³-hybridized carbons (Fsp3) is 0.611. The fourth-order valence-corrected chi connectivity index (χ4v) is 4.01. The van der Waals surface area contributed by atoms with Crippen molar-refractivity contribution >= 4 is 11.7 Å². The molecule has 1 aromatic carbocycles. The van der Waals surface area contributed by atoms with E-state index in [0.717, 1.165) is 37.3 Å². The second-order valence-corrected chi connectivity index (χ2v) is 6.66. The second kappa shape index (κ2) is 6.69. The second-order valence-electron chi connectivity index (χ2n) is 6.66. The van der Waals surface area contributed by atoms with Crippen molar-refractivity contribution in [2.45, 2.75) is 51.0 Å². The molecule has 1 aliphatic heterocycles. The Bertz CT molecular complexity index is 523. The molecular weight excluding hydrogens is 278 g/mol. The lowest BCUT2D eigenvalue weighted by Gasteiger charge is -2.39. The van der Waals surface area contributed by atoms with Crippen molar-refractivity contribution in [3.8, 4) is 0 Å². The van der Waals surface area contributed by atoms with Gasteiger partial charge in [0, 0.05) is 31.4 Å².